The summed E-state index contributed by atoms with van der Waals surface area (Å²) in [7, 11) is 0. The van der Waals surface area contributed by atoms with Gasteiger partial charge in [0.05, 0.1) is 23.3 Å². The van der Waals surface area contributed by atoms with Crippen molar-refractivity contribution in [3.63, 3.8) is 0 Å². The molecular weight excluding hydrogens is 368 g/mol. The van der Waals surface area contributed by atoms with E-state index in [0.29, 0.717) is 12.2 Å². The van der Waals surface area contributed by atoms with Crippen LogP contribution in [0.5, 0.6) is 0 Å². The Balaban J connectivity index is 1.53. The van der Waals surface area contributed by atoms with Crippen LogP contribution < -0.4 is 5.43 Å². The van der Waals surface area contributed by atoms with Gasteiger partial charge in [-0.25, -0.2) is 10.1 Å². The molecule has 0 radical (unpaired) electrons. The molecule has 28 heavy (non-hydrogen) atoms. The Hall–Kier alpha value is -2.86. The molecule has 1 N–H and O–H groups in total. The molecule has 0 aliphatic rings. The van der Waals surface area contributed by atoms with Crippen molar-refractivity contribution >= 4 is 23.9 Å². The van der Waals surface area contributed by atoms with E-state index in [1.807, 2.05) is 48.9 Å². The first kappa shape index (κ1) is 19.9. The second-order valence-corrected chi connectivity index (χ2v) is 7.70. The molecule has 1 aromatic heterocycles. The van der Waals surface area contributed by atoms with Crippen LogP contribution in [0.15, 0.2) is 64.6 Å². The molecule has 1 heterocycles. The molecule has 3 aromatic rings. The molecule has 0 atom stereocenters. The number of nitrogens with zero attached hydrogens (tertiary/aromatic N) is 3. The maximum atomic E-state index is 12.0. The van der Waals surface area contributed by atoms with Gasteiger partial charge in [-0.1, -0.05) is 35.9 Å². The van der Waals surface area contributed by atoms with E-state index in [0.717, 1.165) is 22.6 Å². The first-order valence-corrected chi connectivity index (χ1v) is 10.2. The lowest BCUT2D eigenvalue weighted by Gasteiger charge is -2.03. The molecule has 5 nitrogen and oxygen atoms in total. The predicted octanol–water partition coefficient (Wildman–Crippen LogP) is 4.43. The van der Waals surface area contributed by atoms with Gasteiger partial charge in [-0.2, -0.15) is 10.2 Å². The van der Waals surface area contributed by atoms with Gasteiger partial charge in [0, 0.05) is 22.6 Å². The van der Waals surface area contributed by atoms with E-state index in [-0.39, 0.29) is 5.91 Å². The van der Waals surface area contributed by atoms with Crippen molar-refractivity contribution in [3.8, 4) is 5.69 Å². The number of rotatable bonds is 7. The summed E-state index contributed by atoms with van der Waals surface area (Å²) in [6.07, 6.45) is 2.08. The SMILES string of the molecule is Cc1ccc(SCCC(=O)N/N=C\c2c(C)nn(-c3ccccc3)c2C)cc1. The Morgan fingerprint density at radius 3 is 2.54 bits per heavy atom. The molecule has 0 saturated carbocycles. The standard InChI is InChI=1S/C22H24N4OS/c1-16-9-11-20(12-10-16)28-14-13-22(27)24-23-15-21-17(2)25-26(18(21)3)19-7-5-4-6-8-19/h4-12,15H,13-14H2,1-3H3,(H,24,27)/b23-15-. The van der Waals surface area contributed by atoms with E-state index in [4.69, 9.17) is 0 Å². The fourth-order valence-corrected chi connectivity index (χ4v) is 3.63. The van der Waals surface area contributed by atoms with Crippen LogP contribution in [0.2, 0.25) is 0 Å². The van der Waals surface area contributed by atoms with Gasteiger partial charge in [0.1, 0.15) is 0 Å². The summed E-state index contributed by atoms with van der Waals surface area (Å²) in [5.74, 6) is 0.621. The van der Waals surface area contributed by atoms with Crippen LogP contribution in [-0.2, 0) is 4.79 Å². The Labute approximate surface area is 169 Å². The first-order valence-electron chi connectivity index (χ1n) is 9.17. The highest BCUT2D eigenvalue weighted by molar-refractivity contribution is 7.99. The molecule has 1 amide bonds. The van der Waals surface area contributed by atoms with Gasteiger partial charge in [-0.3, -0.25) is 4.79 Å². The summed E-state index contributed by atoms with van der Waals surface area (Å²) in [5.41, 5.74) is 7.61. The number of nitrogens with one attached hydrogen (secondary N) is 1. The third kappa shape index (κ3) is 5.10. The van der Waals surface area contributed by atoms with E-state index in [9.17, 15) is 4.79 Å². The average Bonchev–Trinajstić information content (AvgIpc) is 2.98. The molecule has 144 valence electrons. The molecule has 0 aliphatic carbocycles. The van der Waals surface area contributed by atoms with Crippen molar-refractivity contribution < 1.29 is 4.79 Å². The maximum absolute atomic E-state index is 12.0. The number of para-hydroxylation sites is 1. The topological polar surface area (TPSA) is 59.3 Å². The van der Waals surface area contributed by atoms with Crippen molar-refractivity contribution in [2.24, 2.45) is 5.10 Å². The maximum Gasteiger partial charge on any atom is 0.240 e. The molecule has 0 spiro atoms. The van der Waals surface area contributed by atoms with Gasteiger partial charge < -0.3 is 0 Å². The summed E-state index contributed by atoms with van der Waals surface area (Å²) in [6.45, 7) is 6.00. The quantitative estimate of drug-likeness (QED) is 0.368. The van der Waals surface area contributed by atoms with Crippen molar-refractivity contribution in [3.05, 3.63) is 77.1 Å². The fraction of sp³-hybridized carbons (Fsp3) is 0.227. The summed E-state index contributed by atoms with van der Waals surface area (Å²) >= 11 is 1.67. The largest absolute Gasteiger partial charge is 0.273 e. The van der Waals surface area contributed by atoms with Crippen molar-refractivity contribution in [1.29, 1.82) is 0 Å². The van der Waals surface area contributed by atoms with E-state index in [1.54, 1.807) is 18.0 Å². The molecule has 0 saturated heterocycles. The normalized spacial score (nSPS) is 11.1. The summed E-state index contributed by atoms with van der Waals surface area (Å²) in [6, 6.07) is 18.3. The number of hydrogen-bond donors (Lipinski definition) is 1. The Kier molecular flexibility index (Phi) is 6.66. The fourth-order valence-electron chi connectivity index (χ4n) is 2.78. The monoisotopic (exact) mass is 392 g/mol. The number of carbonyl (C=O) groups excluding carboxylic acids is 1. The van der Waals surface area contributed by atoms with Crippen molar-refractivity contribution in [2.45, 2.75) is 32.1 Å². The molecule has 0 bridgehead atoms. The van der Waals surface area contributed by atoms with Crippen LogP contribution in [0.3, 0.4) is 0 Å². The number of amides is 1. The number of hydrogen-bond acceptors (Lipinski definition) is 4. The highest BCUT2D eigenvalue weighted by atomic mass is 32.2. The van der Waals surface area contributed by atoms with Crippen LogP contribution in [0.25, 0.3) is 5.69 Å². The second kappa shape index (κ2) is 9.37. The van der Waals surface area contributed by atoms with Gasteiger partial charge in [-0.15, -0.1) is 11.8 Å². The van der Waals surface area contributed by atoms with Gasteiger partial charge in [0.25, 0.3) is 0 Å². The lowest BCUT2D eigenvalue weighted by Crippen LogP contribution is -2.17. The molecule has 6 heteroatoms. The van der Waals surface area contributed by atoms with E-state index in [2.05, 4.69) is 46.8 Å². The Morgan fingerprint density at radius 1 is 1.11 bits per heavy atom. The van der Waals surface area contributed by atoms with E-state index < -0.39 is 0 Å². The number of aryl methyl sites for hydroxylation is 2. The second-order valence-electron chi connectivity index (χ2n) is 6.54. The lowest BCUT2D eigenvalue weighted by molar-refractivity contribution is -0.120. The number of carbonyl (C=O) groups is 1. The van der Waals surface area contributed by atoms with Crippen LogP contribution >= 0.6 is 11.8 Å². The predicted molar refractivity (Wildman–Crippen MR) is 115 cm³/mol. The zero-order valence-electron chi connectivity index (χ0n) is 16.3. The summed E-state index contributed by atoms with van der Waals surface area (Å²) in [5, 5.41) is 8.70. The third-order valence-corrected chi connectivity index (χ3v) is 5.36. The minimum absolute atomic E-state index is 0.0957. The first-order chi connectivity index (χ1) is 13.5. The average molecular weight is 393 g/mol. The van der Waals surface area contributed by atoms with Gasteiger partial charge in [0.15, 0.2) is 0 Å². The molecule has 3 rings (SSSR count). The van der Waals surface area contributed by atoms with E-state index >= 15 is 0 Å². The number of benzene rings is 2. The highest BCUT2D eigenvalue weighted by Crippen LogP contribution is 2.19. The molecule has 2 aromatic carbocycles. The van der Waals surface area contributed by atoms with Crippen LogP contribution in [0.1, 0.15) is 28.9 Å². The van der Waals surface area contributed by atoms with Crippen LogP contribution in [0, 0.1) is 20.8 Å². The Bertz CT molecular complexity index is 962. The molecule has 0 aliphatic heterocycles. The Morgan fingerprint density at radius 2 is 1.82 bits per heavy atom. The zero-order valence-corrected chi connectivity index (χ0v) is 17.2. The zero-order chi connectivity index (χ0) is 19.9. The molecule has 0 unspecified atom stereocenters. The summed E-state index contributed by atoms with van der Waals surface area (Å²) < 4.78 is 1.89. The van der Waals surface area contributed by atoms with Gasteiger partial charge in [0.2, 0.25) is 5.91 Å². The highest BCUT2D eigenvalue weighted by Gasteiger charge is 2.11. The smallest absolute Gasteiger partial charge is 0.240 e. The van der Waals surface area contributed by atoms with Crippen molar-refractivity contribution in [2.75, 3.05) is 5.75 Å². The van der Waals surface area contributed by atoms with Gasteiger partial charge in [-0.05, 0) is 45.0 Å². The van der Waals surface area contributed by atoms with Crippen molar-refractivity contribution in [1.82, 2.24) is 15.2 Å². The van der Waals surface area contributed by atoms with E-state index in [1.165, 1.54) is 10.5 Å². The minimum atomic E-state index is -0.0957. The number of thioether (sulfide) groups is 1. The number of hydrazone groups is 1. The third-order valence-electron chi connectivity index (χ3n) is 4.35. The molecule has 0 fully saturated rings. The minimum Gasteiger partial charge on any atom is -0.273 e. The summed E-state index contributed by atoms with van der Waals surface area (Å²) in [4.78, 5) is 13.2. The lowest BCUT2D eigenvalue weighted by atomic mass is 10.2. The number of aromatic nitrogens is 2. The van der Waals surface area contributed by atoms with Crippen LogP contribution in [0.4, 0.5) is 0 Å². The molecular formula is C22H24N4OS. The van der Waals surface area contributed by atoms with Crippen LogP contribution in [-0.4, -0.2) is 27.7 Å². The van der Waals surface area contributed by atoms with Gasteiger partial charge >= 0.3 is 0 Å².